The van der Waals surface area contributed by atoms with Crippen LogP contribution in [0.1, 0.15) is 30.8 Å². The fourth-order valence-corrected chi connectivity index (χ4v) is 2.45. The number of hydrogen-bond acceptors (Lipinski definition) is 3. The maximum atomic E-state index is 6.26. The van der Waals surface area contributed by atoms with E-state index in [1.807, 2.05) is 36.9 Å². The number of hydrogen-bond donors (Lipinski definition) is 1. The lowest BCUT2D eigenvalue weighted by Crippen LogP contribution is -2.17. The molecule has 2 aromatic rings. The quantitative estimate of drug-likeness (QED) is 0.892. The van der Waals surface area contributed by atoms with Crippen LogP contribution in [0.2, 0.25) is 5.02 Å². The molecule has 0 saturated heterocycles. The summed E-state index contributed by atoms with van der Waals surface area (Å²) in [6.45, 7) is 4.52. The summed E-state index contributed by atoms with van der Waals surface area (Å²) in [7, 11) is 1.92. The lowest BCUT2D eigenvalue weighted by Gasteiger charge is -2.11. The van der Waals surface area contributed by atoms with E-state index < -0.39 is 0 Å². The Balaban J connectivity index is 2.04. The Bertz CT molecular complexity index is 608. The third-order valence-electron chi connectivity index (χ3n) is 3.32. The average molecular weight is 308 g/mol. The highest BCUT2D eigenvalue weighted by molar-refractivity contribution is 6.32. The summed E-state index contributed by atoms with van der Waals surface area (Å²) in [5, 5.41) is 5.02. The first kappa shape index (κ1) is 15.9. The van der Waals surface area contributed by atoms with E-state index in [9.17, 15) is 0 Å². The van der Waals surface area contributed by atoms with Gasteiger partial charge in [0.15, 0.2) is 0 Å². The summed E-state index contributed by atoms with van der Waals surface area (Å²) in [6.07, 6.45) is 1.72. The number of aryl methyl sites for hydroxylation is 2. The van der Waals surface area contributed by atoms with E-state index in [2.05, 4.69) is 18.1 Å². The van der Waals surface area contributed by atoms with Crippen LogP contribution in [0.15, 0.2) is 24.3 Å². The minimum Gasteiger partial charge on any atom is -0.486 e. The van der Waals surface area contributed by atoms with Gasteiger partial charge in [0.25, 0.3) is 0 Å². The second-order valence-electron chi connectivity index (χ2n) is 5.34. The molecule has 1 unspecified atom stereocenters. The Labute approximate surface area is 130 Å². The van der Waals surface area contributed by atoms with Crippen LogP contribution in [-0.4, -0.2) is 15.8 Å². The summed E-state index contributed by atoms with van der Waals surface area (Å²) in [5.41, 5.74) is 9.01. The average Bonchev–Trinajstić information content (AvgIpc) is 2.78. The molecular weight excluding hydrogens is 286 g/mol. The zero-order valence-electron chi connectivity index (χ0n) is 12.8. The molecule has 114 valence electrons. The van der Waals surface area contributed by atoms with Crippen molar-refractivity contribution in [3.63, 3.8) is 0 Å². The minimum absolute atomic E-state index is 0.120. The van der Waals surface area contributed by atoms with Gasteiger partial charge in [-0.15, -0.1) is 0 Å². The van der Waals surface area contributed by atoms with Crippen molar-refractivity contribution in [2.45, 2.75) is 39.3 Å². The zero-order chi connectivity index (χ0) is 15.4. The highest BCUT2D eigenvalue weighted by Gasteiger charge is 2.08. The van der Waals surface area contributed by atoms with E-state index in [-0.39, 0.29) is 6.04 Å². The normalized spacial score (nSPS) is 12.4. The Morgan fingerprint density at radius 1 is 1.38 bits per heavy atom. The molecule has 0 aliphatic carbocycles. The second kappa shape index (κ2) is 6.96. The molecule has 0 radical (unpaired) electrons. The molecule has 1 atom stereocenters. The summed E-state index contributed by atoms with van der Waals surface area (Å²) in [5.74, 6) is 0.685. The van der Waals surface area contributed by atoms with Crippen molar-refractivity contribution < 1.29 is 4.74 Å². The molecule has 1 aromatic carbocycles. The van der Waals surface area contributed by atoms with Gasteiger partial charge in [-0.05, 0) is 43.5 Å². The zero-order valence-corrected chi connectivity index (χ0v) is 13.5. The standard InChI is InChI=1S/C16H22ClN3O/c1-4-13-9-14(20(3)19-13)10-21-16-6-5-12(7-11(2)18)8-15(16)17/h5-6,8-9,11H,4,7,10,18H2,1-3H3. The maximum Gasteiger partial charge on any atom is 0.138 e. The predicted molar refractivity (Wildman–Crippen MR) is 85.7 cm³/mol. The van der Waals surface area contributed by atoms with Crippen molar-refractivity contribution in [3.05, 3.63) is 46.2 Å². The van der Waals surface area contributed by atoms with E-state index in [1.54, 1.807) is 0 Å². The molecule has 0 aliphatic rings. The Morgan fingerprint density at radius 2 is 2.14 bits per heavy atom. The lowest BCUT2D eigenvalue weighted by molar-refractivity contribution is 0.295. The fraction of sp³-hybridized carbons (Fsp3) is 0.438. The number of nitrogens with two attached hydrogens (primary N) is 1. The molecule has 0 aliphatic heterocycles. The van der Waals surface area contributed by atoms with Crippen molar-refractivity contribution in [2.24, 2.45) is 12.8 Å². The van der Waals surface area contributed by atoms with E-state index in [4.69, 9.17) is 22.1 Å². The minimum atomic E-state index is 0.120. The lowest BCUT2D eigenvalue weighted by atomic mass is 10.1. The third kappa shape index (κ3) is 4.22. The highest BCUT2D eigenvalue weighted by Crippen LogP contribution is 2.26. The summed E-state index contributed by atoms with van der Waals surface area (Å²) in [6, 6.07) is 8.00. The molecule has 0 saturated carbocycles. The monoisotopic (exact) mass is 307 g/mol. The van der Waals surface area contributed by atoms with Gasteiger partial charge in [0.1, 0.15) is 12.4 Å². The topological polar surface area (TPSA) is 53.1 Å². The van der Waals surface area contributed by atoms with E-state index >= 15 is 0 Å². The Kier molecular flexibility index (Phi) is 5.26. The SMILES string of the molecule is CCc1cc(COc2ccc(CC(C)N)cc2Cl)n(C)n1. The van der Waals surface area contributed by atoms with Gasteiger partial charge < -0.3 is 10.5 Å². The summed E-state index contributed by atoms with van der Waals surface area (Å²) in [4.78, 5) is 0. The number of benzene rings is 1. The Morgan fingerprint density at radius 3 is 2.71 bits per heavy atom. The molecule has 1 aromatic heterocycles. The second-order valence-corrected chi connectivity index (χ2v) is 5.75. The van der Waals surface area contributed by atoms with Crippen molar-refractivity contribution in [3.8, 4) is 5.75 Å². The third-order valence-corrected chi connectivity index (χ3v) is 3.61. The predicted octanol–water partition coefficient (Wildman–Crippen LogP) is 3.10. The van der Waals surface area contributed by atoms with Gasteiger partial charge in [0.05, 0.1) is 16.4 Å². The van der Waals surface area contributed by atoms with E-state index in [0.29, 0.717) is 17.4 Å². The molecule has 0 amide bonds. The first-order valence-electron chi connectivity index (χ1n) is 7.18. The molecule has 0 fully saturated rings. The van der Waals surface area contributed by atoms with Gasteiger partial charge in [-0.3, -0.25) is 4.68 Å². The number of aromatic nitrogens is 2. The van der Waals surface area contributed by atoms with Gasteiger partial charge in [-0.2, -0.15) is 5.10 Å². The van der Waals surface area contributed by atoms with Gasteiger partial charge in [0.2, 0.25) is 0 Å². The molecule has 0 bridgehead atoms. The molecule has 4 nitrogen and oxygen atoms in total. The van der Waals surface area contributed by atoms with Crippen molar-refractivity contribution in [2.75, 3.05) is 0 Å². The van der Waals surface area contributed by atoms with Gasteiger partial charge >= 0.3 is 0 Å². The van der Waals surface area contributed by atoms with Crippen LogP contribution in [0, 0.1) is 0 Å². The van der Waals surface area contributed by atoms with Crippen LogP contribution in [0.4, 0.5) is 0 Å². The van der Waals surface area contributed by atoms with Crippen LogP contribution >= 0.6 is 11.6 Å². The van der Waals surface area contributed by atoms with Gasteiger partial charge in [-0.25, -0.2) is 0 Å². The van der Waals surface area contributed by atoms with Crippen molar-refractivity contribution >= 4 is 11.6 Å². The maximum absolute atomic E-state index is 6.26. The molecule has 21 heavy (non-hydrogen) atoms. The van der Waals surface area contributed by atoms with Crippen LogP contribution < -0.4 is 10.5 Å². The number of halogens is 1. The van der Waals surface area contributed by atoms with E-state index in [0.717, 1.165) is 29.8 Å². The summed E-state index contributed by atoms with van der Waals surface area (Å²) >= 11 is 6.26. The molecule has 2 N–H and O–H groups in total. The molecule has 2 rings (SSSR count). The van der Waals surface area contributed by atoms with Crippen LogP contribution in [0.3, 0.4) is 0 Å². The molecule has 1 heterocycles. The van der Waals surface area contributed by atoms with Gasteiger partial charge in [0, 0.05) is 13.1 Å². The number of ether oxygens (including phenoxy) is 1. The smallest absolute Gasteiger partial charge is 0.138 e. The van der Waals surface area contributed by atoms with Crippen molar-refractivity contribution in [1.29, 1.82) is 0 Å². The largest absolute Gasteiger partial charge is 0.486 e. The van der Waals surface area contributed by atoms with Crippen molar-refractivity contribution in [1.82, 2.24) is 9.78 Å². The summed E-state index contributed by atoms with van der Waals surface area (Å²) < 4.78 is 7.64. The van der Waals surface area contributed by atoms with Crippen LogP contribution in [0.5, 0.6) is 5.75 Å². The highest BCUT2D eigenvalue weighted by atomic mass is 35.5. The first-order chi connectivity index (χ1) is 9.99. The number of rotatable bonds is 6. The molecule has 0 spiro atoms. The molecule has 5 heteroatoms. The Hall–Kier alpha value is -1.52. The fourth-order valence-electron chi connectivity index (χ4n) is 2.19. The number of nitrogens with zero attached hydrogens (tertiary/aromatic N) is 2. The van der Waals surface area contributed by atoms with Crippen LogP contribution in [-0.2, 0) is 26.5 Å². The van der Waals surface area contributed by atoms with E-state index in [1.165, 1.54) is 0 Å². The first-order valence-corrected chi connectivity index (χ1v) is 7.56. The van der Waals surface area contributed by atoms with Crippen LogP contribution in [0.25, 0.3) is 0 Å². The van der Waals surface area contributed by atoms with Gasteiger partial charge in [-0.1, -0.05) is 24.6 Å². The molecular formula is C16H22ClN3O.